The van der Waals surface area contributed by atoms with Gasteiger partial charge in [-0.2, -0.15) is 0 Å². The molecule has 1 aromatic carbocycles. The summed E-state index contributed by atoms with van der Waals surface area (Å²) >= 11 is 8.53. The van der Waals surface area contributed by atoms with Crippen LogP contribution in [-0.2, 0) is 4.79 Å². The Labute approximate surface area is 136 Å². The van der Waals surface area contributed by atoms with Gasteiger partial charge in [0.2, 0.25) is 5.91 Å². The van der Waals surface area contributed by atoms with Crippen molar-refractivity contribution in [2.24, 2.45) is 0 Å². The molecule has 1 aromatic heterocycles. The van der Waals surface area contributed by atoms with E-state index >= 15 is 0 Å². The number of furan rings is 1. The Morgan fingerprint density at radius 1 is 1.38 bits per heavy atom. The third-order valence-corrected chi connectivity index (χ3v) is 3.67. The summed E-state index contributed by atoms with van der Waals surface area (Å²) in [6.07, 6.45) is 4.47. The Balaban J connectivity index is 1.89. The number of aryl methyl sites for hydroxylation is 1. The summed E-state index contributed by atoms with van der Waals surface area (Å²) in [5, 5.41) is 5.74. The van der Waals surface area contributed by atoms with E-state index in [1.807, 2.05) is 25.1 Å². The van der Waals surface area contributed by atoms with Crippen LogP contribution in [-0.4, -0.2) is 11.0 Å². The van der Waals surface area contributed by atoms with E-state index in [2.05, 4.69) is 26.6 Å². The number of nitrogens with one attached hydrogen (secondary N) is 2. The molecule has 1 heterocycles. The molecule has 0 aliphatic heterocycles. The Morgan fingerprint density at radius 3 is 2.86 bits per heavy atom. The number of halogens is 1. The molecule has 0 unspecified atom stereocenters. The Kier molecular flexibility index (Phi) is 5.30. The molecule has 0 aliphatic carbocycles. The highest BCUT2D eigenvalue weighted by molar-refractivity contribution is 9.10. The molecule has 0 saturated carbocycles. The summed E-state index contributed by atoms with van der Waals surface area (Å²) in [5.41, 5.74) is 1.92. The zero-order valence-electron chi connectivity index (χ0n) is 11.2. The first-order valence-electron chi connectivity index (χ1n) is 6.14. The monoisotopic (exact) mass is 364 g/mol. The van der Waals surface area contributed by atoms with Crippen molar-refractivity contribution in [2.75, 3.05) is 5.32 Å². The van der Waals surface area contributed by atoms with Crippen molar-refractivity contribution in [3.8, 4) is 0 Å². The molecule has 0 fully saturated rings. The fourth-order valence-corrected chi connectivity index (χ4v) is 2.13. The lowest BCUT2D eigenvalue weighted by Crippen LogP contribution is -2.32. The molecule has 2 aromatic rings. The zero-order chi connectivity index (χ0) is 15.2. The van der Waals surface area contributed by atoms with Crippen LogP contribution in [0.15, 0.2) is 51.6 Å². The van der Waals surface area contributed by atoms with Gasteiger partial charge < -0.3 is 9.73 Å². The van der Waals surface area contributed by atoms with Gasteiger partial charge in [0.15, 0.2) is 5.11 Å². The predicted octanol–water partition coefficient (Wildman–Crippen LogP) is 3.88. The predicted molar refractivity (Wildman–Crippen MR) is 91.0 cm³/mol. The highest BCUT2D eigenvalue weighted by Crippen LogP contribution is 2.20. The number of amides is 1. The van der Waals surface area contributed by atoms with Crippen molar-refractivity contribution >= 4 is 50.9 Å². The van der Waals surface area contributed by atoms with Gasteiger partial charge in [0.25, 0.3) is 0 Å². The van der Waals surface area contributed by atoms with E-state index in [1.165, 1.54) is 6.08 Å². The lowest BCUT2D eigenvalue weighted by Gasteiger charge is -2.09. The lowest BCUT2D eigenvalue weighted by atomic mass is 10.2. The summed E-state index contributed by atoms with van der Waals surface area (Å²) in [4.78, 5) is 11.7. The van der Waals surface area contributed by atoms with Crippen LogP contribution in [0.2, 0.25) is 0 Å². The molecular weight excluding hydrogens is 352 g/mol. The number of rotatable bonds is 3. The van der Waals surface area contributed by atoms with Gasteiger partial charge in [0, 0.05) is 16.2 Å². The smallest absolute Gasteiger partial charge is 0.250 e. The van der Waals surface area contributed by atoms with Crippen molar-refractivity contribution in [1.29, 1.82) is 0 Å². The van der Waals surface area contributed by atoms with Crippen LogP contribution in [0, 0.1) is 6.92 Å². The summed E-state index contributed by atoms with van der Waals surface area (Å²) in [5.74, 6) is 0.279. The molecule has 4 nitrogen and oxygen atoms in total. The molecular formula is C15H13BrN2O2S. The number of anilines is 1. The standard InChI is InChI=1S/C15H13BrN2O2S/c1-10-4-5-11(9-13(10)16)17-15(21)18-14(19)7-6-12-3-2-8-20-12/h2-9H,1H3,(H2,17,18,19,21)/b7-6+. The Morgan fingerprint density at radius 2 is 2.19 bits per heavy atom. The third kappa shape index (κ3) is 4.84. The van der Waals surface area contributed by atoms with E-state index in [4.69, 9.17) is 16.6 Å². The number of carbonyl (C=O) groups is 1. The first-order chi connectivity index (χ1) is 10.0. The molecule has 0 radical (unpaired) electrons. The maximum atomic E-state index is 11.7. The largest absolute Gasteiger partial charge is 0.465 e. The van der Waals surface area contributed by atoms with Crippen molar-refractivity contribution in [1.82, 2.24) is 5.32 Å². The average molecular weight is 365 g/mol. The van der Waals surface area contributed by atoms with E-state index in [0.29, 0.717) is 5.76 Å². The topological polar surface area (TPSA) is 54.3 Å². The normalized spacial score (nSPS) is 10.6. The second-order valence-corrected chi connectivity index (χ2v) is 5.52. The minimum absolute atomic E-state index is 0.236. The zero-order valence-corrected chi connectivity index (χ0v) is 13.6. The first kappa shape index (κ1) is 15.5. The molecule has 1 amide bonds. The van der Waals surface area contributed by atoms with Crippen molar-refractivity contribution in [3.63, 3.8) is 0 Å². The molecule has 0 saturated heterocycles. The second kappa shape index (κ2) is 7.19. The molecule has 21 heavy (non-hydrogen) atoms. The number of thiocarbonyl (C=S) groups is 1. The minimum atomic E-state index is -0.324. The number of hydrogen-bond donors (Lipinski definition) is 2. The van der Waals surface area contributed by atoms with Crippen LogP contribution in [0.5, 0.6) is 0 Å². The van der Waals surface area contributed by atoms with Gasteiger partial charge in [-0.05, 0) is 55.0 Å². The van der Waals surface area contributed by atoms with E-state index < -0.39 is 0 Å². The number of carbonyl (C=O) groups excluding carboxylic acids is 1. The average Bonchev–Trinajstić information content (AvgIpc) is 2.94. The van der Waals surface area contributed by atoms with Gasteiger partial charge in [-0.15, -0.1) is 0 Å². The van der Waals surface area contributed by atoms with E-state index in [1.54, 1.807) is 24.5 Å². The van der Waals surface area contributed by atoms with Crippen molar-refractivity contribution < 1.29 is 9.21 Å². The maximum Gasteiger partial charge on any atom is 0.250 e. The molecule has 2 rings (SSSR count). The van der Waals surface area contributed by atoms with Crippen LogP contribution >= 0.6 is 28.1 Å². The highest BCUT2D eigenvalue weighted by Gasteiger charge is 2.03. The van der Waals surface area contributed by atoms with Crippen molar-refractivity contribution in [2.45, 2.75) is 6.92 Å². The Bertz CT molecular complexity index is 681. The lowest BCUT2D eigenvalue weighted by molar-refractivity contribution is -0.115. The quantitative estimate of drug-likeness (QED) is 0.640. The number of hydrogen-bond acceptors (Lipinski definition) is 3. The molecule has 0 spiro atoms. The molecule has 108 valence electrons. The van der Waals surface area contributed by atoms with Crippen LogP contribution in [0.1, 0.15) is 11.3 Å². The van der Waals surface area contributed by atoms with E-state index in [-0.39, 0.29) is 11.0 Å². The van der Waals surface area contributed by atoms with Crippen LogP contribution in [0.3, 0.4) is 0 Å². The number of benzene rings is 1. The van der Waals surface area contributed by atoms with Crippen molar-refractivity contribution in [3.05, 3.63) is 58.5 Å². The van der Waals surface area contributed by atoms with Gasteiger partial charge >= 0.3 is 0 Å². The highest BCUT2D eigenvalue weighted by atomic mass is 79.9. The van der Waals surface area contributed by atoms with E-state index in [9.17, 15) is 4.79 Å². The van der Waals surface area contributed by atoms with E-state index in [0.717, 1.165) is 15.7 Å². The maximum absolute atomic E-state index is 11.7. The van der Waals surface area contributed by atoms with Gasteiger partial charge in [-0.1, -0.05) is 22.0 Å². The fourth-order valence-electron chi connectivity index (χ4n) is 1.53. The molecule has 0 atom stereocenters. The van der Waals surface area contributed by atoms with Gasteiger partial charge in [-0.25, -0.2) is 0 Å². The summed E-state index contributed by atoms with van der Waals surface area (Å²) in [6.45, 7) is 1.99. The van der Waals surface area contributed by atoms with Gasteiger partial charge in [0.1, 0.15) is 5.76 Å². The molecule has 0 aliphatic rings. The third-order valence-electron chi connectivity index (χ3n) is 2.61. The molecule has 2 N–H and O–H groups in total. The van der Waals surface area contributed by atoms with Crippen LogP contribution in [0.25, 0.3) is 6.08 Å². The minimum Gasteiger partial charge on any atom is -0.465 e. The SMILES string of the molecule is Cc1ccc(NC(=S)NC(=O)/C=C/c2ccco2)cc1Br. The summed E-state index contributed by atoms with van der Waals surface area (Å²) in [7, 11) is 0. The fraction of sp³-hybridized carbons (Fsp3) is 0.0667. The van der Waals surface area contributed by atoms with Gasteiger partial charge in [-0.3, -0.25) is 10.1 Å². The summed E-state index contributed by atoms with van der Waals surface area (Å²) < 4.78 is 6.06. The van der Waals surface area contributed by atoms with Gasteiger partial charge in [0.05, 0.1) is 6.26 Å². The first-order valence-corrected chi connectivity index (χ1v) is 7.34. The Hall–Kier alpha value is -1.92. The second-order valence-electron chi connectivity index (χ2n) is 4.26. The summed E-state index contributed by atoms with van der Waals surface area (Å²) in [6, 6.07) is 9.24. The van der Waals surface area contributed by atoms with Crippen LogP contribution in [0.4, 0.5) is 5.69 Å². The molecule has 0 bridgehead atoms. The van der Waals surface area contributed by atoms with Crippen LogP contribution < -0.4 is 10.6 Å². The molecule has 6 heteroatoms.